The Labute approximate surface area is 136 Å². The number of carbonyl (C=O) groups is 1. The average Bonchev–Trinajstić information content (AvgIpc) is 2.98. The fraction of sp³-hybridized carbons (Fsp3) is 0.500. The molecule has 0 radical (unpaired) electrons. The standard InChI is InChI=1S/C16H20N4O.ClH/c1-11-15(12-4-7-19(11)8-5-12)18-16(21)14-9-13-3-2-6-20(13)10-17-14;/h2-3,6,9-12,15H,4-5,7-8H2,1H3,(H,18,21);1H/t11-,15-;/m0./s1. The second kappa shape index (κ2) is 5.89. The molecule has 3 aliphatic rings. The number of nitrogens with one attached hydrogen (secondary N) is 1. The quantitative estimate of drug-likeness (QED) is 0.920. The Bertz CT molecular complexity index is 676. The van der Waals surface area contributed by atoms with Crippen LogP contribution in [0.25, 0.3) is 5.52 Å². The third kappa shape index (κ3) is 2.48. The molecule has 3 saturated heterocycles. The Kier molecular flexibility index (Phi) is 4.10. The van der Waals surface area contributed by atoms with Gasteiger partial charge in [-0.25, -0.2) is 4.98 Å². The first kappa shape index (κ1) is 15.3. The number of hydrogen-bond acceptors (Lipinski definition) is 3. The molecule has 1 N–H and O–H groups in total. The van der Waals surface area contributed by atoms with Crippen molar-refractivity contribution in [2.45, 2.75) is 31.8 Å². The molecule has 0 aromatic carbocycles. The topological polar surface area (TPSA) is 49.6 Å². The van der Waals surface area contributed by atoms with E-state index in [4.69, 9.17) is 0 Å². The molecule has 3 aliphatic heterocycles. The van der Waals surface area contributed by atoms with Crippen molar-refractivity contribution < 1.29 is 4.79 Å². The van der Waals surface area contributed by atoms with Crippen molar-refractivity contribution in [1.82, 2.24) is 19.6 Å². The lowest BCUT2D eigenvalue weighted by Crippen LogP contribution is -2.62. The van der Waals surface area contributed by atoms with Gasteiger partial charge in [0.1, 0.15) is 5.69 Å². The van der Waals surface area contributed by atoms with Crippen LogP contribution in [-0.2, 0) is 0 Å². The largest absolute Gasteiger partial charge is 0.346 e. The van der Waals surface area contributed by atoms with Crippen LogP contribution in [0.3, 0.4) is 0 Å². The summed E-state index contributed by atoms with van der Waals surface area (Å²) in [5, 5.41) is 3.22. The van der Waals surface area contributed by atoms with E-state index in [2.05, 4.69) is 22.1 Å². The van der Waals surface area contributed by atoms with Gasteiger partial charge in [-0.1, -0.05) is 0 Å². The summed E-state index contributed by atoms with van der Waals surface area (Å²) >= 11 is 0. The van der Waals surface area contributed by atoms with E-state index in [1.165, 1.54) is 25.9 Å². The minimum absolute atomic E-state index is 0. The van der Waals surface area contributed by atoms with Crippen LogP contribution in [0.1, 0.15) is 30.3 Å². The van der Waals surface area contributed by atoms with Gasteiger partial charge in [-0.15, -0.1) is 12.4 Å². The zero-order valence-corrected chi connectivity index (χ0v) is 13.4. The van der Waals surface area contributed by atoms with E-state index in [0.29, 0.717) is 17.7 Å². The number of amides is 1. The number of carbonyl (C=O) groups excluding carboxylic acids is 1. The van der Waals surface area contributed by atoms with Gasteiger partial charge in [0.25, 0.3) is 5.91 Å². The average molecular weight is 321 g/mol. The van der Waals surface area contributed by atoms with Gasteiger partial charge < -0.3 is 9.72 Å². The molecule has 2 atom stereocenters. The molecule has 0 spiro atoms. The molecule has 5 nitrogen and oxygen atoms in total. The van der Waals surface area contributed by atoms with Crippen molar-refractivity contribution in [2.75, 3.05) is 13.1 Å². The fourth-order valence-corrected chi connectivity index (χ4v) is 3.83. The first-order valence-corrected chi connectivity index (χ1v) is 7.70. The number of fused-ring (bicyclic) bond motifs is 4. The molecule has 0 saturated carbocycles. The zero-order chi connectivity index (χ0) is 14.4. The highest BCUT2D eigenvalue weighted by Crippen LogP contribution is 2.32. The van der Waals surface area contributed by atoms with E-state index < -0.39 is 0 Å². The second-order valence-electron chi connectivity index (χ2n) is 6.23. The number of nitrogens with zero attached hydrogens (tertiary/aromatic N) is 3. The van der Waals surface area contributed by atoms with E-state index in [1.54, 1.807) is 6.33 Å². The first-order valence-electron chi connectivity index (χ1n) is 7.70. The molecule has 5 rings (SSSR count). The zero-order valence-electron chi connectivity index (χ0n) is 12.6. The van der Waals surface area contributed by atoms with Crippen LogP contribution in [0.4, 0.5) is 0 Å². The predicted octanol–water partition coefficient (Wildman–Crippen LogP) is 1.97. The van der Waals surface area contributed by atoms with Crippen molar-refractivity contribution in [3.8, 4) is 0 Å². The molecular formula is C16H21ClN4O. The molecule has 22 heavy (non-hydrogen) atoms. The summed E-state index contributed by atoms with van der Waals surface area (Å²) < 4.78 is 1.91. The van der Waals surface area contributed by atoms with Gasteiger partial charge in [0.2, 0.25) is 0 Å². The number of piperidine rings is 3. The summed E-state index contributed by atoms with van der Waals surface area (Å²) in [6, 6.07) is 6.47. The SMILES string of the molecule is C[C@H]1[C@H](NC(=O)c2cc3cccn3cn2)C2CCN1CC2.Cl. The molecule has 0 aliphatic carbocycles. The van der Waals surface area contributed by atoms with Gasteiger partial charge >= 0.3 is 0 Å². The molecule has 2 bridgehead atoms. The maximum atomic E-state index is 12.5. The third-order valence-corrected chi connectivity index (χ3v) is 5.13. The van der Waals surface area contributed by atoms with Crippen LogP contribution in [0.2, 0.25) is 0 Å². The summed E-state index contributed by atoms with van der Waals surface area (Å²) in [5.41, 5.74) is 1.50. The van der Waals surface area contributed by atoms with E-state index in [0.717, 1.165) is 5.52 Å². The highest BCUT2D eigenvalue weighted by molar-refractivity contribution is 5.93. The first-order chi connectivity index (χ1) is 10.2. The smallest absolute Gasteiger partial charge is 0.270 e. The molecule has 1 amide bonds. The number of rotatable bonds is 2. The van der Waals surface area contributed by atoms with Crippen molar-refractivity contribution in [2.24, 2.45) is 5.92 Å². The van der Waals surface area contributed by atoms with Crippen molar-refractivity contribution >= 4 is 23.8 Å². The van der Waals surface area contributed by atoms with Crippen LogP contribution >= 0.6 is 12.4 Å². The van der Waals surface area contributed by atoms with E-state index in [9.17, 15) is 4.79 Å². The third-order valence-electron chi connectivity index (χ3n) is 5.13. The molecule has 3 fully saturated rings. The summed E-state index contributed by atoms with van der Waals surface area (Å²) in [4.78, 5) is 19.2. The Morgan fingerprint density at radius 2 is 2.14 bits per heavy atom. The van der Waals surface area contributed by atoms with E-state index in [1.807, 2.05) is 28.8 Å². The number of aromatic nitrogens is 2. The van der Waals surface area contributed by atoms with Crippen LogP contribution in [0.15, 0.2) is 30.7 Å². The van der Waals surface area contributed by atoms with Gasteiger partial charge in [-0.05, 0) is 57.0 Å². The molecule has 2 aromatic heterocycles. The molecule has 118 valence electrons. The number of halogens is 1. The highest BCUT2D eigenvalue weighted by atomic mass is 35.5. The lowest BCUT2D eigenvalue weighted by Gasteiger charge is -2.49. The van der Waals surface area contributed by atoms with Crippen molar-refractivity contribution in [3.05, 3.63) is 36.4 Å². The normalized spacial score (nSPS) is 30.0. The van der Waals surface area contributed by atoms with Gasteiger partial charge in [0, 0.05) is 23.8 Å². The molecule has 2 aromatic rings. The van der Waals surface area contributed by atoms with E-state index >= 15 is 0 Å². The summed E-state index contributed by atoms with van der Waals surface area (Å²) in [6.07, 6.45) is 6.02. The maximum absolute atomic E-state index is 12.5. The van der Waals surface area contributed by atoms with Crippen LogP contribution < -0.4 is 5.32 Å². The second-order valence-corrected chi connectivity index (χ2v) is 6.23. The van der Waals surface area contributed by atoms with Gasteiger partial charge in [0.15, 0.2) is 0 Å². The van der Waals surface area contributed by atoms with Gasteiger partial charge in [0.05, 0.1) is 6.33 Å². The Morgan fingerprint density at radius 1 is 1.36 bits per heavy atom. The molecular weight excluding hydrogens is 300 g/mol. The lowest BCUT2D eigenvalue weighted by molar-refractivity contribution is 0.0216. The highest BCUT2D eigenvalue weighted by Gasteiger charge is 2.40. The summed E-state index contributed by atoms with van der Waals surface area (Å²) in [6.45, 7) is 4.57. The van der Waals surface area contributed by atoms with Crippen molar-refractivity contribution in [1.29, 1.82) is 0 Å². The Balaban J connectivity index is 0.00000144. The van der Waals surface area contributed by atoms with Gasteiger partial charge in [-0.3, -0.25) is 9.69 Å². The van der Waals surface area contributed by atoms with Crippen LogP contribution in [-0.4, -0.2) is 45.4 Å². The monoisotopic (exact) mass is 320 g/mol. The molecule has 5 heterocycles. The summed E-state index contributed by atoms with van der Waals surface area (Å²) in [5.74, 6) is 0.565. The fourth-order valence-electron chi connectivity index (χ4n) is 3.83. The maximum Gasteiger partial charge on any atom is 0.270 e. The molecule has 6 heteroatoms. The number of hydrogen-bond donors (Lipinski definition) is 1. The molecule has 0 unspecified atom stereocenters. The minimum atomic E-state index is -0.0516. The van der Waals surface area contributed by atoms with Gasteiger partial charge in [-0.2, -0.15) is 0 Å². The Hall–Kier alpha value is -1.59. The van der Waals surface area contributed by atoms with E-state index in [-0.39, 0.29) is 24.4 Å². The lowest BCUT2D eigenvalue weighted by atomic mass is 9.79. The summed E-state index contributed by atoms with van der Waals surface area (Å²) in [7, 11) is 0. The van der Waals surface area contributed by atoms with Crippen molar-refractivity contribution in [3.63, 3.8) is 0 Å². The van der Waals surface area contributed by atoms with Crippen LogP contribution in [0, 0.1) is 5.92 Å². The minimum Gasteiger partial charge on any atom is -0.346 e. The predicted molar refractivity (Wildman–Crippen MR) is 87.5 cm³/mol. The Morgan fingerprint density at radius 3 is 2.86 bits per heavy atom. The van der Waals surface area contributed by atoms with Crippen LogP contribution in [0.5, 0.6) is 0 Å².